The number of ether oxygens (including phenoxy) is 1. The first-order valence-electron chi connectivity index (χ1n) is 10.3. The number of pyridine rings is 1. The molecule has 4 aliphatic rings. The number of hydrogen-bond acceptors (Lipinski definition) is 6. The summed E-state index contributed by atoms with van der Waals surface area (Å²) in [6, 6.07) is 4.65. The highest BCUT2D eigenvalue weighted by Crippen LogP contribution is 2.49. The monoisotopic (exact) mass is 421 g/mol. The number of nitrogens with zero attached hydrogens (tertiary/aromatic N) is 1. The summed E-state index contributed by atoms with van der Waals surface area (Å²) < 4.78 is 21.0. The van der Waals surface area contributed by atoms with Gasteiger partial charge in [-0.2, -0.15) is 0 Å². The molecule has 7 nitrogen and oxygen atoms in total. The first-order chi connectivity index (χ1) is 14.8. The molecule has 31 heavy (non-hydrogen) atoms. The number of carbonyl (C=O) groups excluding carboxylic acids is 1. The van der Waals surface area contributed by atoms with Crippen LogP contribution in [-0.4, -0.2) is 15.6 Å². The van der Waals surface area contributed by atoms with E-state index in [0.717, 1.165) is 22.3 Å². The molecule has 0 amide bonds. The maximum Gasteiger partial charge on any atom is 0.343 e. The molecular weight excluding hydrogens is 401 g/mol. The third-order valence-corrected chi connectivity index (χ3v) is 6.90. The molecule has 0 spiro atoms. The fraction of sp³-hybridized carbons (Fsp3) is 0.304. The molecule has 1 atom stereocenters. The van der Waals surface area contributed by atoms with E-state index < -0.39 is 11.6 Å². The van der Waals surface area contributed by atoms with Gasteiger partial charge in [0.05, 0.1) is 23.5 Å². The number of aryl methyl sites for hydroxylation is 1. The molecule has 0 unspecified atom stereocenters. The van der Waals surface area contributed by atoms with Gasteiger partial charge in [-0.1, -0.05) is 6.92 Å². The average molecular weight is 421 g/mol. The molecule has 0 saturated heterocycles. The highest BCUT2D eigenvalue weighted by atomic mass is 19.1. The van der Waals surface area contributed by atoms with Gasteiger partial charge in [0, 0.05) is 33.7 Å². The predicted octanol–water partition coefficient (Wildman–Crippen LogP) is 2.11. The topological polar surface area (TPSA) is 107 Å². The quantitative estimate of drug-likeness (QED) is 0.609. The van der Waals surface area contributed by atoms with Crippen molar-refractivity contribution in [2.75, 3.05) is 5.32 Å². The zero-order valence-corrected chi connectivity index (χ0v) is 16.8. The van der Waals surface area contributed by atoms with E-state index in [2.05, 4.69) is 5.32 Å². The molecule has 6 rings (SSSR count). The minimum Gasteiger partial charge on any atom is -0.458 e. The van der Waals surface area contributed by atoms with Crippen molar-refractivity contribution in [1.29, 1.82) is 0 Å². The number of halogens is 1. The molecule has 8 heteroatoms. The summed E-state index contributed by atoms with van der Waals surface area (Å²) in [6.45, 7) is 1.79. The second-order valence-electron chi connectivity index (χ2n) is 8.47. The summed E-state index contributed by atoms with van der Waals surface area (Å²) in [4.78, 5) is 25.7. The van der Waals surface area contributed by atoms with Crippen LogP contribution in [0, 0.1) is 5.82 Å². The summed E-state index contributed by atoms with van der Waals surface area (Å²) in [7, 11) is 0. The van der Waals surface area contributed by atoms with Crippen molar-refractivity contribution >= 4 is 22.9 Å². The van der Waals surface area contributed by atoms with Crippen LogP contribution in [0.3, 0.4) is 0 Å². The molecule has 0 bridgehead atoms. The summed E-state index contributed by atoms with van der Waals surface area (Å²) >= 11 is 0. The van der Waals surface area contributed by atoms with Gasteiger partial charge in [0.15, 0.2) is 5.60 Å². The number of esters is 1. The lowest BCUT2D eigenvalue weighted by Gasteiger charge is -2.32. The van der Waals surface area contributed by atoms with Crippen LogP contribution in [0.25, 0.3) is 11.3 Å². The van der Waals surface area contributed by atoms with Crippen LogP contribution in [0.5, 0.6) is 0 Å². The molecule has 0 saturated carbocycles. The first kappa shape index (κ1) is 18.4. The number of fused-ring (bicyclic) bond motifs is 4. The Hall–Kier alpha value is -3.39. The van der Waals surface area contributed by atoms with E-state index in [0.29, 0.717) is 42.2 Å². The highest BCUT2D eigenvalue weighted by molar-refractivity contribution is 6.04. The molecule has 1 aromatic carbocycles. The Morgan fingerprint density at radius 1 is 1.29 bits per heavy atom. The maximum atomic E-state index is 14.3. The molecular formula is C23H20FN3O4. The van der Waals surface area contributed by atoms with E-state index in [9.17, 15) is 19.1 Å². The van der Waals surface area contributed by atoms with Crippen LogP contribution in [0.2, 0.25) is 0 Å². The van der Waals surface area contributed by atoms with Crippen LogP contribution < -0.4 is 16.6 Å². The largest absolute Gasteiger partial charge is 0.458 e. The van der Waals surface area contributed by atoms with Crippen molar-refractivity contribution < 1.29 is 19.0 Å². The smallest absolute Gasteiger partial charge is 0.343 e. The zero-order chi connectivity index (χ0) is 21.7. The number of hydrogen-bond donors (Lipinski definition) is 3. The van der Waals surface area contributed by atoms with Gasteiger partial charge in [-0.15, -0.1) is 0 Å². The summed E-state index contributed by atoms with van der Waals surface area (Å²) in [6.07, 6.45) is 1.35. The van der Waals surface area contributed by atoms with E-state index in [1.54, 1.807) is 17.6 Å². The number of aromatic nitrogens is 1. The van der Waals surface area contributed by atoms with E-state index in [4.69, 9.17) is 10.5 Å². The second-order valence-corrected chi connectivity index (χ2v) is 8.47. The molecule has 4 heterocycles. The van der Waals surface area contributed by atoms with Gasteiger partial charge in [-0.05, 0) is 43.0 Å². The standard InChI is InChI=1S/C23H20FN3O4/c1-2-23(30)14-7-17-20-12(8-27(17)21(28)13(14)9-31-22(23)29)19-15(25)4-3-10-5-11(24)6-16(26-20)18(10)19/h5-7,26,30H,2-4,8-9,25H2,1H3/t23-/m0/s1. The molecule has 4 N–H and O–H groups in total. The Morgan fingerprint density at radius 3 is 2.87 bits per heavy atom. The number of rotatable bonds is 1. The van der Waals surface area contributed by atoms with Gasteiger partial charge in [0.25, 0.3) is 5.56 Å². The third kappa shape index (κ3) is 2.20. The molecule has 0 radical (unpaired) electrons. The Morgan fingerprint density at radius 2 is 2.10 bits per heavy atom. The van der Waals surface area contributed by atoms with E-state index in [1.807, 2.05) is 0 Å². The van der Waals surface area contributed by atoms with Crippen LogP contribution in [0.4, 0.5) is 10.1 Å². The number of aliphatic hydroxyl groups is 1. The SMILES string of the molecule is CC[C@@]1(O)C(=O)OCc2c1cc1n(c2=O)CC2=C1Nc1cc(F)cc3c1C2=C(N)CC3. The number of anilines is 1. The molecule has 0 fully saturated rings. The number of allylic oxidation sites excluding steroid dienone is 3. The summed E-state index contributed by atoms with van der Waals surface area (Å²) in [5.74, 6) is -1.10. The number of cyclic esters (lactones) is 1. The molecule has 1 aliphatic carbocycles. The normalized spacial score (nSPS) is 23.0. The fourth-order valence-corrected chi connectivity index (χ4v) is 5.29. The zero-order valence-electron chi connectivity index (χ0n) is 16.8. The Bertz CT molecular complexity index is 1350. The van der Waals surface area contributed by atoms with Crippen molar-refractivity contribution in [2.24, 2.45) is 5.73 Å². The Balaban J connectivity index is 1.61. The molecule has 1 aromatic heterocycles. The minimum absolute atomic E-state index is 0.0799. The fourth-order valence-electron chi connectivity index (χ4n) is 5.29. The summed E-state index contributed by atoms with van der Waals surface area (Å²) in [5, 5.41) is 14.3. The lowest BCUT2D eigenvalue weighted by Crippen LogP contribution is -2.44. The van der Waals surface area contributed by atoms with Gasteiger partial charge in [-0.3, -0.25) is 4.79 Å². The highest BCUT2D eigenvalue weighted by Gasteiger charge is 2.46. The number of nitrogens with one attached hydrogen (secondary N) is 1. The van der Waals surface area contributed by atoms with Gasteiger partial charge >= 0.3 is 5.97 Å². The minimum atomic E-state index is -1.87. The van der Waals surface area contributed by atoms with Crippen LogP contribution in [0.1, 0.15) is 47.7 Å². The first-order valence-corrected chi connectivity index (χ1v) is 10.3. The number of benzene rings is 1. The van der Waals surface area contributed by atoms with Crippen molar-refractivity contribution in [3.05, 3.63) is 73.6 Å². The summed E-state index contributed by atoms with van der Waals surface area (Å²) in [5.41, 5.74) is 10.8. The van der Waals surface area contributed by atoms with Crippen molar-refractivity contribution in [3.63, 3.8) is 0 Å². The van der Waals surface area contributed by atoms with Gasteiger partial charge in [0.1, 0.15) is 12.4 Å². The van der Waals surface area contributed by atoms with Crippen molar-refractivity contribution in [2.45, 2.75) is 44.9 Å². The van der Waals surface area contributed by atoms with Crippen LogP contribution >= 0.6 is 0 Å². The van der Waals surface area contributed by atoms with E-state index in [1.165, 1.54) is 12.1 Å². The van der Waals surface area contributed by atoms with Crippen LogP contribution in [0.15, 0.2) is 34.3 Å². The number of nitrogens with two attached hydrogens (primary N) is 1. The Labute approximate surface area is 176 Å². The van der Waals surface area contributed by atoms with Gasteiger partial charge in [0.2, 0.25) is 0 Å². The van der Waals surface area contributed by atoms with E-state index in [-0.39, 0.29) is 35.5 Å². The van der Waals surface area contributed by atoms with Gasteiger partial charge in [-0.25, -0.2) is 9.18 Å². The van der Waals surface area contributed by atoms with Crippen molar-refractivity contribution in [1.82, 2.24) is 4.57 Å². The van der Waals surface area contributed by atoms with Crippen LogP contribution in [-0.2, 0) is 34.7 Å². The third-order valence-electron chi connectivity index (χ3n) is 6.90. The molecule has 158 valence electrons. The van der Waals surface area contributed by atoms with E-state index >= 15 is 0 Å². The molecule has 3 aliphatic heterocycles. The van der Waals surface area contributed by atoms with Gasteiger partial charge < -0.3 is 25.5 Å². The van der Waals surface area contributed by atoms with Crippen molar-refractivity contribution in [3.8, 4) is 0 Å². The average Bonchev–Trinajstić information content (AvgIpc) is 3.11. The Kier molecular flexibility index (Phi) is 3.47. The number of carbonyl (C=O) groups is 1. The maximum absolute atomic E-state index is 14.3. The molecule has 2 aromatic rings. The second kappa shape index (κ2) is 5.85. The predicted molar refractivity (Wildman–Crippen MR) is 111 cm³/mol. The lowest BCUT2D eigenvalue weighted by atomic mass is 9.81. The lowest BCUT2D eigenvalue weighted by molar-refractivity contribution is -0.172.